The van der Waals surface area contributed by atoms with Gasteiger partial charge < -0.3 is 23.8 Å². The summed E-state index contributed by atoms with van der Waals surface area (Å²) in [5, 5.41) is 3.13. The van der Waals surface area contributed by atoms with Crippen LogP contribution in [0.2, 0.25) is 0 Å². The molecule has 0 bridgehead atoms. The molecule has 190 valence electrons. The predicted octanol–water partition coefficient (Wildman–Crippen LogP) is 2.05. The Labute approximate surface area is 205 Å². The Morgan fingerprint density at radius 3 is 2.53 bits per heavy atom. The quantitative estimate of drug-likeness (QED) is 0.436. The molecule has 1 saturated heterocycles. The van der Waals surface area contributed by atoms with Gasteiger partial charge >= 0.3 is 11.9 Å². The largest absolute Gasteiger partial charge is 0.497 e. The monoisotopic (exact) mass is 496 g/mol. The third-order valence-electron chi connectivity index (χ3n) is 5.55. The second-order valence-electron chi connectivity index (χ2n) is 7.78. The van der Waals surface area contributed by atoms with Crippen LogP contribution in [0.1, 0.15) is 32.8 Å². The summed E-state index contributed by atoms with van der Waals surface area (Å²) in [4.78, 5) is 39.9. The van der Waals surface area contributed by atoms with Crippen LogP contribution in [-0.2, 0) is 30.3 Å². The van der Waals surface area contributed by atoms with Crippen LogP contribution in [0.4, 0.5) is 0 Å². The van der Waals surface area contributed by atoms with E-state index in [0.717, 1.165) is 11.3 Å². The molecular formula is C24H36N2O7S. The molecule has 1 N–H and O–H groups in total. The second kappa shape index (κ2) is 14.1. The highest BCUT2D eigenvalue weighted by molar-refractivity contribution is 7.99. The van der Waals surface area contributed by atoms with E-state index in [1.165, 1.54) is 0 Å². The van der Waals surface area contributed by atoms with E-state index < -0.39 is 30.1 Å². The van der Waals surface area contributed by atoms with Crippen molar-refractivity contribution in [2.45, 2.75) is 51.7 Å². The molecule has 0 aliphatic carbocycles. The Kier molecular flexibility index (Phi) is 11.5. The van der Waals surface area contributed by atoms with Gasteiger partial charge in [-0.05, 0) is 57.4 Å². The number of nitrogens with one attached hydrogen (secondary N) is 1. The highest BCUT2D eigenvalue weighted by atomic mass is 32.2. The van der Waals surface area contributed by atoms with Crippen LogP contribution in [0.5, 0.6) is 11.5 Å². The molecule has 1 aromatic carbocycles. The van der Waals surface area contributed by atoms with Gasteiger partial charge in [-0.2, -0.15) is 11.8 Å². The number of hydrogen-bond acceptors (Lipinski definition) is 9. The van der Waals surface area contributed by atoms with Crippen molar-refractivity contribution < 1.29 is 33.3 Å². The van der Waals surface area contributed by atoms with Crippen molar-refractivity contribution in [2.75, 3.05) is 45.5 Å². The Morgan fingerprint density at radius 2 is 1.88 bits per heavy atom. The van der Waals surface area contributed by atoms with Crippen LogP contribution in [0.15, 0.2) is 18.2 Å². The molecule has 0 spiro atoms. The Bertz CT molecular complexity index is 836. The summed E-state index contributed by atoms with van der Waals surface area (Å²) in [6.45, 7) is 6.12. The van der Waals surface area contributed by atoms with Crippen LogP contribution < -0.4 is 14.8 Å². The van der Waals surface area contributed by atoms with Gasteiger partial charge in [0.2, 0.25) is 5.91 Å². The minimum Gasteiger partial charge on any atom is -0.497 e. The first-order valence-corrected chi connectivity index (χ1v) is 12.7. The minimum absolute atomic E-state index is 0.232. The zero-order chi connectivity index (χ0) is 25.1. The molecule has 0 aromatic heterocycles. The zero-order valence-electron chi connectivity index (χ0n) is 20.6. The zero-order valence-corrected chi connectivity index (χ0v) is 21.4. The number of rotatable bonds is 12. The van der Waals surface area contributed by atoms with Crippen LogP contribution in [0.3, 0.4) is 0 Å². The van der Waals surface area contributed by atoms with Crippen molar-refractivity contribution in [1.82, 2.24) is 10.2 Å². The first-order chi connectivity index (χ1) is 16.4. The molecule has 1 aromatic rings. The van der Waals surface area contributed by atoms with E-state index >= 15 is 0 Å². The van der Waals surface area contributed by atoms with Gasteiger partial charge in [0.1, 0.15) is 23.6 Å². The molecule has 1 amide bonds. The Balaban J connectivity index is 2.13. The summed E-state index contributed by atoms with van der Waals surface area (Å²) in [5.41, 5.74) is 0.882. The second-order valence-corrected chi connectivity index (χ2v) is 8.93. The summed E-state index contributed by atoms with van der Waals surface area (Å²) in [7, 11) is 3.18. The van der Waals surface area contributed by atoms with Crippen LogP contribution in [0.25, 0.3) is 0 Å². The van der Waals surface area contributed by atoms with E-state index in [9.17, 15) is 14.4 Å². The standard InChI is InChI=1S/C24H36N2O7S/c1-6-32-23(28)19(10-8-17-14-18(30-4)9-11-21(17)31-5)25-16(3)22(27)26-12-13-34-15-20(26)24(29)33-7-2/h9,11,14,16,19-20,25H,6-8,10,12-13,15H2,1-5H3/t16-,19?,20?/m0/s1. The van der Waals surface area contributed by atoms with E-state index in [2.05, 4.69) is 5.32 Å². The lowest BCUT2D eigenvalue weighted by Gasteiger charge is -2.36. The van der Waals surface area contributed by atoms with Crippen molar-refractivity contribution in [3.63, 3.8) is 0 Å². The van der Waals surface area contributed by atoms with Gasteiger partial charge in [0, 0.05) is 18.1 Å². The van der Waals surface area contributed by atoms with E-state index in [4.69, 9.17) is 18.9 Å². The smallest absolute Gasteiger partial charge is 0.329 e. The van der Waals surface area contributed by atoms with E-state index in [1.807, 2.05) is 12.1 Å². The number of esters is 2. The maximum absolute atomic E-state index is 13.2. The first-order valence-electron chi connectivity index (χ1n) is 11.5. The molecule has 0 radical (unpaired) electrons. The lowest BCUT2D eigenvalue weighted by molar-refractivity contribution is -0.155. The number of aryl methyl sites for hydroxylation is 1. The normalized spacial score (nSPS) is 17.4. The minimum atomic E-state index is -0.713. The number of benzene rings is 1. The predicted molar refractivity (Wildman–Crippen MR) is 130 cm³/mol. The molecular weight excluding hydrogens is 460 g/mol. The fraction of sp³-hybridized carbons (Fsp3) is 0.625. The van der Waals surface area contributed by atoms with Gasteiger partial charge in [-0.1, -0.05) is 0 Å². The van der Waals surface area contributed by atoms with E-state index in [-0.39, 0.29) is 19.1 Å². The lowest BCUT2D eigenvalue weighted by atomic mass is 10.0. The molecule has 34 heavy (non-hydrogen) atoms. The van der Waals surface area contributed by atoms with Gasteiger partial charge in [0.15, 0.2) is 0 Å². The molecule has 2 rings (SSSR count). The van der Waals surface area contributed by atoms with Gasteiger partial charge in [0.05, 0.1) is 33.5 Å². The van der Waals surface area contributed by atoms with Gasteiger partial charge in [-0.25, -0.2) is 4.79 Å². The number of thioether (sulfide) groups is 1. The summed E-state index contributed by atoms with van der Waals surface area (Å²) in [5.74, 6) is 1.54. The fourth-order valence-electron chi connectivity index (χ4n) is 3.81. The highest BCUT2D eigenvalue weighted by Crippen LogP contribution is 2.26. The molecule has 2 unspecified atom stereocenters. The Hall–Kier alpha value is -2.46. The Morgan fingerprint density at radius 1 is 1.15 bits per heavy atom. The summed E-state index contributed by atoms with van der Waals surface area (Å²) in [6, 6.07) is 3.46. The van der Waals surface area contributed by atoms with Crippen molar-refractivity contribution >= 4 is 29.6 Å². The van der Waals surface area contributed by atoms with Crippen molar-refractivity contribution in [3.05, 3.63) is 23.8 Å². The summed E-state index contributed by atoms with van der Waals surface area (Å²) in [6.07, 6.45) is 0.890. The number of methoxy groups -OCH3 is 2. The topological polar surface area (TPSA) is 103 Å². The first kappa shape index (κ1) is 27.8. The number of carbonyl (C=O) groups excluding carboxylic acids is 3. The average Bonchev–Trinajstić information content (AvgIpc) is 2.85. The number of nitrogens with zero attached hydrogens (tertiary/aromatic N) is 1. The van der Waals surface area contributed by atoms with Crippen molar-refractivity contribution in [1.29, 1.82) is 0 Å². The lowest BCUT2D eigenvalue weighted by Crippen LogP contribution is -2.57. The van der Waals surface area contributed by atoms with Gasteiger partial charge in [0.25, 0.3) is 0 Å². The average molecular weight is 497 g/mol. The number of amides is 1. The van der Waals surface area contributed by atoms with Gasteiger partial charge in [-0.15, -0.1) is 0 Å². The number of ether oxygens (including phenoxy) is 4. The number of hydrogen-bond donors (Lipinski definition) is 1. The van der Waals surface area contributed by atoms with Crippen molar-refractivity contribution in [3.8, 4) is 11.5 Å². The molecule has 1 aliphatic rings. The van der Waals surface area contributed by atoms with E-state index in [1.54, 1.807) is 57.7 Å². The molecule has 1 fully saturated rings. The summed E-state index contributed by atoms with van der Waals surface area (Å²) >= 11 is 1.62. The molecule has 9 nitrogen and oxygen atoms in total. The number of carbonyl (C=O) groups is 3. The molecule has 1 heterocycles. The van der Waals surface area contributed by atoms with Crippen LogP contribution in [0, 0.1) is 0 Å². The maximum Gasteiger partial charge on any atom is 0.329 e. The molecule has 1 aliphatic heterocycles. The van der Waals surface area contributed by atoms with Crippen LogP contribution in [-0.4, -0.2) is 86.4 Å². The van der Waals surface area contributed by atoms with Crippen LogP contribution >= 0.6 is 11.8 Å². The highest BCUT2D eigenvalue weighted by Gasteiger charge is 2.36. The SMILES string of the molecule is CCOC(=O)C(CCc1cc(OC)ccc1OC)N[C@@H](C)C(=O)N1CCSCC1C(=O)OCC. The summed E-state index contributed by atoms with van der Waals surface area (Å²) < 4.78 is 21.2. The fourth-order valence-corrected chi connectivity index (χ4v) is 4.84. The van der Waals surface area contributed by atoms with E-state index in [0.29, 0.717) is 36.6 Å². The molecule has 0 saturated carbocycles. The van der Waals surface area contributed by atoms with Crippen molar-refractivity contribution in [2.24, 2.45) is 0 Å². The molecule has 10 heteroatoms. The third kappa shape index (κ3) is 7.53. The molecule has 3 atom stereocenters. The maximum atomic E-state index is 13.2. The van der Waals surface area contributed by atoms with Gasteiger partial charge in [-0.3, -0.25) is 14.9 Å². The third-order valence-corrected chi connectivity index (χ3v) is 6.58.